The van der Waals surface area contributed by atoms with Crippen LogP contribution in [0.5, 0.6) is 0 Å². The van der Waals surface area contributed by atoms with Crippen molar-refractivity contribution in [1.82, 2.24) is 0 Å². The first kappa shape index (κ1) is 24.7. The molecule has 0 radical (unpaired) electrons. The summed E-state index contributed by atoms with van der Waals surface area (Å²) in [5.41, 5.74) is 0. The SMILES string of the molecule is C=CC(=O)OCC.C=CC(=O)OCCCCCCCCCCCC. The average Bonchev–Trinajstić information content (AvgIpc) is 2.60. The lowest BCUT2D eigenvalue weighted by Gasteiger charge is -2.03. The molecule has 0 fully saturated rings. The maximum atomic E-state index is 10.7. The second-order valence-corrected chi connectivity index (χ2v) is 5.51. The van der Waals surface area contributed by atoms with Gasteiger partial charge in [-0.1, -0.05) is 77.9 Å². The van der Waals surface area contributed by atoms with Gasteiger partial charge in [-0.15, -0.1) is 0 Å². The van der Waals surface area contributed by atoms with Crippen molar-refractivity contribution in [2.45, 2.75) is 78.1 Å². The Balaban J connectivity index is 0. The summed E-state index contributed by atoms with van der Waals surface area (Å²) in [6.07, 6.45) is 15.3. The molecule has 0 aliphatic carbocycles. The maximum Gasteiger partial charge on any atom is 0.330 e. The Bertz CT molecular complexity index is 324. The third-order valence-electron chi connectivity index (χ3n) is 3.36. The van der Waals surface area contributed by atoms with E-state index in [1.54, 1.807) is 6.92 Å². The normalized spacial score (nSPS) is 9.42. The highest BCUT2D eigenvalue weighted by molar-refractivity contribution is 5.81. The second kappa shape index (κ2) is 21.4. The highest BCUT2D eigenvalue weighted by Gasteiger charge is 1.95. The molecule has 0 saturated carbocycles. The lowest BCUT2D eigenvalue weighted by Crippen LogP contribution is -2.01. The lowest BCUT2D eigenvalue weighted by molar-refractivity contribution is -0.138. The summed E-state index contributed by atoms with van der Waals surface area (Å²) in [6.45, 7) is 11.5. The molecule has 4 nitrogen and oxygen atoms in total. The summed E-state index contributed by atoms with van der Waals surface area (Å²) >= 11 is 0. The van der Waals surface area contributed by atoms with Crippen molar-refractivity contribution in [3.63, 3.8) is 0 Å². The number of rotatable bonds is 14. The third kappa shape index (κ3) is 22.7. The van der Waals surface area contributed by atoms with E-state index in [0.717, 1.165) is 12.5 Å². The van der Waals surface area contributed by atoms with Crippen LogP contribution in [0.1, 0.15) is 78.1 Å². The van der Waals surface area contributed by atoms with Gasteiger partial charge in [-0.3, -0.25) is 0 Å². The largest absolute Gasteiger partial charge is 0.463 e. The molecule has 0 atom stereocenters. The number of esters is 2. The Morgan fingerprint density at radius 2 is 1.12 bits per heavy atom. The topological polar surface area (TPSA) is 52.6 Å². The molecule has 4 heteroatoms. The summed E-state index contributed by atoms with van der Waals surface area (Å²) in [7, 11) is 0. The van der Waals surface area contributed by atoms with Gasteiger partial charge in [0.05, 0.1) is 13.2 Å². The molecule has 0 saturated heterocycles. The van der Waals surface area contributed by atoms with Crippen molar-refractivity contribution >= 4 is 11.9 Å². The monoisotopic (exact) mass is 340 g/mol. The van der Waals surface area contributed by atoms with Gasteiger partial charge in [0.1, 0.15) is 0 Å². The van der Waals surface area contributed by atoms with E-state index < -0.39 is 0 Å². The Kier molecular flexibility index (Phi) is 22.0. The molecule has 0 N–H and O–H groups in total. The van der Waals surface area contributed by atoms with E-state index in [2.05, 4.69) is 24.8 Å². The molecule has 0 bridgehead atoms. The van der Waals surface area contributed by atoms with Crippen LogP contribution < -0.4 is 0 Å². The molecule has 0 aromatic heterocycles. The highest BCUT2D eigenvalue weighted by Crippen LogP contribution is 2.10. The Labute approximate surface area is 148 Å². The Hall–Kier alpha value is -1.58. The first-order valence-corrected chi connectivity index (χ1v) is 9.20. The van der Waals surface area contributed by atoms with E-state index in [0.29, 0.717) is 13.2 Å². The third-order valence-corrected chi connectivity index (χ3v) is 3.36. The van der Waals surface area contributed by atoms with Crippen molar-refractivity contribution in [3.8, 4) is 0 Å². The molecule has 0 rings (SSSR count). The van der Waals surface area contributed by atoms with E-state index in [1.165, 1.54) is 63.9 Å². The fourth-order valence-electron chi connectivity index (χ4n) is 2.02. The van der Waals surface area contributed by atoms with Crippen molar-refractivity contribution in [2.24, 2.45) is 0 Å². The quantitative estimate of drug-likeness (QED) is 0.242. The van der Waals surface area contributed by atoms with E-state index in [1.807, 2.05) is 0 Å². The van der Waals surface area contributed by atoms with Crippen molar-refractivity contribution in [1.29, 1.82) is 0 Å². The van der Waals surface area contributed by atoms with E-state index in [9.17, 15) is 9.59 Å². The van der Waals surface area contributed by atoms with Crippen LogP contribution in [0.2, 0.25) is 0 Å². The predicted octanol–water partition coefficient (Wildman–Crippen LogP) is 5.37. The summed E-state index contributed by atoms with van der Waals surface area (Å²) < 4.78 is 9.34. The van der Waals surface area contributed by atoms with Crippen LogP contribution >= 0.6 is 0 Å². The van der Waals surface area contributed by atoms with Gasteiger partial charge in [-0.25, -0.2) is 9.59 Å². The number of ether oxygens (including phenoxy) is 2. The van der Waals surface area contributed by atoms with Crippen LogP contribution in [-0.4, -0.2) is 25.2 Å². The summed E-state index contributed by atoms with van der Waals surface area (Å²) in [4.78, 5) is 20.8. The van der Waals surface area contributed by atoms with Gasteiger partial charge in [0.2, 0.25) is 0 Å². The van der Waals surface area contributed by atoms with Crippen molar-refractivity contribution in [3.05, 3.63) is 25.3 Å². The van der Waals surface area contributed by atoms with E-state index in [-0.39, 0.29) is 11.9 Å². The molecular weight excluding hydrogens is 304 g/mol. The molecule has 0 heterocycles. The standard InChI is InChI=1S/C15H28O2.C5H8O2/c1-3-5-6-7-8-9-10-11-12-13-14-17-15(16)4-2;1-3-5(6)7-4-2/h4H,2-3,5-14H2,1H3;3H,1,4H2,2H3. The lowest BCUT2D eigenvalue weighted by atomic mass is 10.1. The van der Waals surface area contributed by atoms with Crippen LogP contribution in [0, 0.1) is 0 Å². The summed E-state index contributed by atoms with van der Waals surface area (Å²) in [5, 5.41) is 0. The van der Waals surface area contributed by atoms with Gasteiger partial charge in [0, 0.05) is 12.2 Å². The minimum atomic E-state index is -0.359. The highest BCUT2D eigenvalue weighted by atomic mass is 16.5. The molecule has 0 aliphatic heterocycles. The van der Waals surface area contributed by atoms with Crippen LogP contribution in [0.15, 0.2) is 25.3 Å². The predicted molar refractivity (Wildman–Crippen MR) is 99.8 cm³/mol. The van der Waals surface area contributed by atoms with Crippen LogP contribution in [0.4, 0.5) is 0 Å². The minimum absolute atomic E-state index is 0.305. The fraction of sp³-hybridized carbons (Fsp3) is 0.700. The van der Waals surface area contributed by atoms with Gasteiger partial charge in [0.15, 0.2) is 0 Å². The fourth-order valence-corrected chi connectivity index (χ4v) is 2.02. The van der Waals surface area contributed by atoms with Gasteiger partial charge < -0.3 is 9.47 Å². The maximum absolute atomic E-state index is 10.7. The van der Waals surface area contributed by atoms with E-state index >= 15 is 0 Å². The zero-order valence-electron chi connectivity index (χ0n) is 15.7. The average molecular weight is 341 g/mol. The first-order chi connectivity index (χ1) is 11.6. The zero-order valence-corrected chi connectivity index (χ0v) is 15.7. The van der Waals surface area contributed by atoms with Gasteiger partial charge in [0.25, 0.3) is 0 Å². The van der Waals surface area contributed by atoms with Crippen LogP contribution in [0.25, 0.3) is 0 Å². The number of hydrogen-bond acceptors (Lipinski definition) is 4. The second-order valence-electron chi connectivity index (χ2n) is 5.51. The van der Waals surface area contributed by atoms with Crippen molar-refractivity contribution in [2.75, 3.05) is 13.2 Å². The zero-order chi connectivity index (χ0) is 18.5. The van der Waals surface area contributed by atoms with Gasteiger partial charge >= 0.3 is 11.9 Å². The number of hydrogen-bond donors (Lipinski definition) is 0. The van der Waals surface area contributed by atoms with Crippen LogP contribution in [0.3, 0.4) is 0 Å². The number of carbonyl (C=O) groups excluding carboxylic acids is 2. The molecule has 140 valence electrons. The summed E-state index contributed by atoms with van der Waals surface area (Å²) in [5.74, 6) is -0.663. The van der Waals surface area contributed by atoms with Gasteiger partial charge in [-0.2, -0.15) is 0 Å². The molecule has 0 amide bonds. The Morgan fingerprint density at radius 3 is 1.50 bits per heavy atom. The van der Waals surface area contributed by atoms with E-state index in [4.69, 9.17) is 4.74 Å². The van der Waals surface area contributed by atoms with Crippen LogP contribution in [-0.2, 0) is 19.1 Å². The summed E-state index contributed by atoms with van der Waals surface area (Å²) in [6, 6.07) is 0. The molecule has 0 aromatic rings. The molecule has 0 aliphatic rings. The molecule has 0 unspecified atom stereocenters. The first-order valence-electron chi connectivity index (χ1n) is 9.20. The molecule has 24 heavy (non-hydrogen) atoms. The number of unbranched alkanes of at least 4 members (excludes halogenated alkanes) is 9. The van der Waals surface area contributed by atoms with Gasteiger partial charge in [-0.05, 0) is 13.3 Å². The Morgan fingerprint density at radius 1 is 0.708 bits per heavy atom. The smallest absolute Gasteiger partial charge is 0.330 e. The number of carbonyl (C=O) groups is 2. The molecule has 0 aromatic carbocycles. The minimum Gasteiger partial charge on any atom is -0.463 e. The van der Waals surface area contributed by atoms with Crippen molar-refractivity contribution < 1.29 is 19.1 Å². The molecule has 0 spiro atoms. The molecular formula is C20H36O4.